The minimum atomic E-state index is 0.182. The van der Waals surface area contributed by atoms with Crippen LogP contribution in [-0.2, 0) is 0 Å². The molecule has 7 heteroatoms. The first-order valence-corrected chi connectivity index (χ1v) is 5.64. The highest BCUT2D eigenvalue weighted by Gasteiger charge is 2.06. The Morgan fingerprint density at radius 3 is 2.71 bits per heavy atom. The molecule has 0 saturated carbocycles. The Hall–Kier alpha value is -0.950. The van der Waals surface area contributed by atoms with Crippen molar-refractivity contribution in [3.63, 3.8) is 0 Å². The summed E-state index contributed by atoms with van der Waals surface area (Å²) in [5, 5.41) is 3.60. The van der Waals surface area contributed by atoms with Crippen LogP contribution in [0.1, 0.15) is 12.7 Å². The third-order valence-corrected chi connectivity index (χ3v) is 2.08. The molecule has 0 bridgehead atoms. The smallest absolute Gasteiger partial charge is 0.227 e. The summed E-state index contributed by atoms with van der Waals surface area (Å²) < 4.78 is 0. The number of nitrogens with two attached hydrogens (primary N) is 1. The van der Waals surface area contributed by atoms with E-state index in [2.05, 4.69) is 20.3 Å². The first kappa shape index (κ1) is 11.1. The van der Waals surface area contributed by atoms with Crippen LogP contribution in [0.15, 0.2) is 5.16 Å². The summed E-state index contributed by atoms with van der Waals surface area (Å²) in [6.07, 6.45) is 1.88. The molecule has 76 valence electrons. The predicted molar refractivity (Wildman–Crippen MR) is 61.7 cm³/mol. The second-order valence-electron chi connectivity index (χ2n) is 2.36. The molecule has 0 fully saturated rings. The Bertz CT molecular complexity index is 341. The van der Waals surface area contributed by atoms with Gasteiger partial charge in [0.05, 0.1) is 0 Å². The molecule has 14 heavy (non-hydrogen) atoms. The van der Waals surface area contributed by atoms with Gasteiger partial charge in [-0.2, -0.15) is 15.0 Å². The Kier molecular flexibility index (Phi) is 4.02. The van der Waals surface area contributed by atoms with Crippen molar-refractivity contribution < 1.29 is 0 Å². The highest BCUT2D eigenvalue weighted by atomic mass is 32.2. The molecule has 3 N–H and O–H groups in total. The van der Waals surface area contributed by atoms with E-state index in [1.165, 1.54) is 11.8 Å². The lowest BCUT2D eigenvalue weighted by atomic mass is 10.6. The molecule has 1 aromatic heterocycles. The maximum Gasteiger partial charge on any atom is 0.227 e. The number of thioether (sulfide) groups is 1. The highest BCUT2D eigenvalue weighted by Crippen LogP contribution is 2.10. The number of thiocarbonyl (C=S) groups is 1. The zero-order chi connectivity index (χ0) is 10.6. The standard InChI is InChI=1S/C7H11N5S2/c1-3-9-6-10-5(4(8)13)11-7(12-6)14-2/h3H2,1-2H3,(H2,8,13)(H,9,10,11,12). The van der Waals surface area contributed by atoms with Crippen LogP contribution in [0.25, 0.3) is 0 Å². The summed E-state index contributed by atoms with van der Waals surface area (Å²) in [6, 6.07) is 0. The Morgan fingerprint density at radius 2 is 2.21 bits per heavy atom. The zero-order valence-electron chi connectivity index (χ0n) is 7.94. The number of hydrogen-bond donors (Lipinski definition) is 2. The van der Waals surface area contributed by atoms with Gasteiger partial charge < -0.3 is 11.1 Å². The molecule has 0 aliphatic rings. The van der Waals surface area contributed by atoms with Gasteiger partial charge in [0.2, 0.25) is 5.95 Å². The molecular formula is C7H11N5S2. The molecule has 0 aromatic carbocycles. The number of aromatic nitrogens is 3. The quantitative estimate of drug-likeness (QED) is 0.580. The third kappa shape index (κ3) is 2.78. The fraction of sp³-hybridized carbons (Fsp3) is 0.429. The molecule has 1 rings (SSSR count). The van der Waals surface area contributed by atoms with Crippen molar-refractivity contribution >= 4 is 34.9 Å². The van der Waals surface area contributed by atoms with Crippen LogP contribution >= 0.6 is 24.0 Å². The lowest BCUT2D eigenvalue weighted by Gasteiger charge is -2.04. The van der Waals surface area contributed by atoms with Gasteiger partial charge in [-0.3, -0.25) is 0 Å². The number of anilines is 1. The fourth-order valence-corrected chi connectivity index (χ4v) is 1.24. The van der Waals surface area contributed by atoms with Gasteiger partial charge in [-0.15, -0.1) is 0 Å². The molecule has 0 amide bonds. The van der Waals surface area contributed by atoms with Gasteiger partial charge >= 0.3 is 0 Å². The molecule has 0 spiro atoms. The summed E-state index contributed by atoms with van der Waals surface area (Å²) >= 11 is 6.22. The van der Waals surface area contributed by atoms with Crippen molar-refractivity contribution in [2.45, 2.75) is 12.1 Å². The Morgan fingerprint density at radius 1 is 1.50 bits per heavy atom. The lowest BCUT2D eigenvalue weighted by Crippen LogP contribution is -2.17. The minimum absolute atomic E-state index is 0.182. The number of nitrogens with zero attached hydrogens (tertiary/aromatic N) is 3. The number of hydrogen-bond acceptors (Lipinski definition) is 6. The molecule has 0 unspecified atom stereocenters. The molecule has 0 atom stereocenters. The van der Waals surface area contributed by atoms with Gasteiger partial charge in [0.25, 0.3) is 0 Å². The summed E-state index contributed by atoms with van der Waals surface area (Å²) in [4.78, 5) is 12.4. The van der Waals surface area contributed by atoms with Crippen LogP contribution in [0.4, 0.5) is 5.95 Å². The van der Waals surface area contributed by atoms with Crippen molar-refractivity contribution in [1.29, 1.82) is 0 Å². The summed E-state index contributed by atoms with van der Waals surface area (Å²) in [5.74, 6) is 0.866. The van der Waals surface area contributed by atoms with Crippen molar-refractivity contribution in [3.8, 4) is 0 Å². The molecule has 5 nitrogen and oxygen atoms in total. The maximum absolute atomic E-state index is 5.44. The van der Waals surface area contributed by atoms with E-state index in [1.807, 2.05) is 13.2 Å². The van der Waals surface area contributed by atoms with E-state index in [0.717, 1.165) is 6.54 Å². The molecular weight excluding hydrogens is 218 g/mol. The van der Waals surface area contributed by atoms with E-state index in [9.17, 15) is 0 Å². The highest BCUT2D eigenvalue weighted by molar-refractivity contribution is 7.98. The number of rotatable bonds is 4. The zero-order valence-corrected chi connectivity index (χ0v) is 9.58. The van der Waals surface area contributed by atoms with Crippen molar-refractivity contribution in [3.05, 3.63) is 5.82 Å². The number of nitrogens with one attached hydrogen (secondary N) is 1. The van der Waals surface area contributed by atoms with Gasteiger partial charge in [0.15, 0.2) is 11.0 Å². The topological polar surface area (TPSA) is 76.7 Å². The van der Waals surface area contributed by atoms with Crippen LogP contribution in [0.5, 0.6) is 0 Å². The summed E-state index contributed by atoms with van der Waals surface area (Å²) in [5.41, 5.74) is 5.44. The molecule has 0 aliphatic carbocycles. The molecule has 1 aromatic rings. The van der Waals surface area contributed by atoms with Gasteiger partial charge in [0.1, 0.15) is 4.99 Å². The van der Waals surface area contributed by atoms with Gasteiger partial charge in [-0.1, -0.05) is 24.0 Å². The van der Waals surface area contributed by atoms with Crippen LogP contribution in [0.3, 0.4) is 0 Å². The molecule has 0 saturated heterocycles. The van der Waals surface area contributed by atoms with Crippen molar-refractivity contribution in [2.75, 3.05) is 18.1 Å². The van der Waals surface area contributed by atoms with Crippen molar-refractivity contribution in [2.24, 2.45) is 5.73 Å². The first-order chi connectivity index (χ1) is 6.67. The first-order valence-electron chi connectivity index (χ1n) is 4.01. The average Bonchev–Trinajstić information content (AvgIpc) is 2.17. The normalized spacial score (nSPS) is 9.86. The van der Waals surface area contributed by atoms with Gasteiger partial charge in [-0.05, 0) is 13.2 Å². The van der Waals surface area contributed by atoms with Crippen LogP contribution in [0, 0.1) is 0 Å². The predicted octanol–water partition coefficient (Wildman–Crippen LogP) is 0.660. The minimum Gasteiger partial charge on any atom is -0.387 e. The SMILES string of the molecule is CCNc1nc(SC)nc(C(N)=S)n1. The second kappa shape index (κ2) is 5.06. The van der Waals surface area contributed by atoms with Gasteiger partial charge in [-0.25, -0.2) is 0 Å². The lowest BCUT2D eigenvalue weighted by molar-refractivity contribution is 0.889. The molecule has 1 heterocycles. The van der Waals surface area contributed by atoms with E-state index in [0.29, 0.717) is 16.9 Å². The van der Waals surface area contributed by atoms with E-state index in [-0.39, 0.29) is 4.99 Å². The third-order valence-electron chi connectivity index (χ3n) is 1.35. The molecule has 0 aliphatic heterocycles. The summed E-state index contributed by atoms with van der Waals surface area (Å²) in [6.45, 7) is 2.71. The molecule has 0 radical (unpaired) electrons. The van der Waals surface area contributed by atoms with E-state index < -0.39 is 0 Å². The second-order valence-corrected chi connectivity index (χ2v) is 3.58. The Labute approximate surface area is 91.9 Å². The Balaban J connectivity index is 3.06. The van der Waals surface area contributed by atoms with E-state index in [1.54, 1.807) is 0 Å². The van der Waals surface area contributed by atoms with Crippen LogP contribution in [-0.4, -0.2) is 32.7 Å². The van der Waals surface area contributed by atoms with Gasteiger partial charge in [0, 0.05) is 6.54 Å². The van der Waals surface area contributed by atoms with Crippen LogP contribution in [0.2, 0.25) is 0 Å². The van der Waals surface area contributed by atoms with E-state index >= 15 is 0 Å². The van der Waals surface area contributed by atoms with E-state index in [4.69, 9.17) is 18.0 Å². The average molecular weight is 229 g/mol. The fourth-order valence-electron chi connectivity index (χ4n) is 0.795. The van der Waals surface area contributed by atoms with Crippen LogP contribution < -0.4 is 11.1 Å². The monoisotopic (exact) mass is 229 g/mol. The largest absolute Gasteiger partial charge is 0.387 e. The maximum atomic E-state index is 5.44. The van der Waals surface area contributed by atoms with Crippen molar-refractivity contribution in [1.82, 2.24) is 15.0 Å². The summed E-state index contributed by atoms with van der Waals surface area (Å²) in [7, 11) is 0.